The second kappa shape index (κ2) is 5.52. The summed E-state index contributed by atoms with van der Waals surface area (Å²) in [7, 11) is 0. The normalized spacial score (nSPS) is 11.8. The summed E-state index contributed by atoms with van der Waals surface area (Å²) in [5.74, 6) is -1.14. The van der Waals surface area contributed by atoms with Crippen molar-refractivity contribution in [2.24, 2.45) is 5.16 Å². The number of carbonyl (C=O) groups excluding carboxylic acids is 1. The van der Waals surface area contributed by atoms with Gasteiger partial charge in [0.15, 0.2) is 0 Å². The lowest BCUT2D eigenvalue weighted by Crippen LogP contribution is -2.21. The Morgan fingerprint density at radius 2 is 2.17 bits per heavy atom. The predicted molar refractivity (Wildman–Crippen MR) is 59.9 cm³/mol. The van der Waals surface area contributed by atoms with E-state index in [1.165, 1.54) is 12.1 Å². The predicted octanol–water partition coefficient (Wildman–Crippen LogP) is 2.69. The minimum absolute atomic E-state index is 0.252. The molecule has 0 unspecified atom stereocenters. The van der Waals surface area contributed by atoms with Crippen LogP contribution in [0.4, 0.5) is 18.9 Å². The second-order valence-corrected chi connectivity index (χ2v) is 3.60. The fourth-order valence-electron chi connectivity index (χ4n) is 1.37. The molecule has 7 heteroatoms. The molecule has 1 aromatic rings. The van der Waals surface area contributed by atoms with Crippen molar-refractivity contribution >= 4 is 17.8 Å². The Kier molecular flexibility index (Phi) is 4.30. The maximum atomic E-state index is 12.0. The second-order valence-electron chi connectivity index (χ2n) is 3.60. The molecular formula is C11H11F3N2O2. The van der Waals surface area contributed by atoms with Gasteiger partial charge in [0, 0.05) is 11.3 Å². The topological polar surface area (TPSA) is 61.7 Å². The summed E-state index contributed by atoms with van der Waals surface area (Å²) >= 11 is 0. The van der Waals surface area contributed by atoms with Crippen LogP contribution in [0.1, 0.15) is 17.5 Å². The van der Waals surface area contributed by atoms with Crippen LogP contribution in [0.5, 0.6) is 0 Å². The highest BCUT2D eigenvalue weighted by Crippen LogP contribution is 2.22. The molecule has 0 radical (unpaired) electrons. The summed E-state index contributed by atoms with van der Waals surface area (Å²) in [6.45, 7) is 1.60. The van der Waals surface area contributed by atoms with Crippen LogP contribution in [0.2, 0.25) is 0 Å². The van der Waals surface area contributed by atoms with Gasteiger partial charge in [0.2, 0.25) is 5.91 Å². The van der Waals surface area contributed by atoms with Crippen LogP contribution in [-0.2, 0) is 4.79 Å². The van der Waals surface area contributed by atoms with Gasteiger partial charge in [-0.1, -0.05) is 17.3 Å². The molecule has 4 nitrogen and oxygen atoms in total. The number of nitrogens with one attached hydrogen (secondary N) is 1. The van der Waals surface area contributed by atoms with Gasteiger partial charge in [0.05, 0.1) is 6.21 Å². The third-order valence-corrected chi connectivity index (χ3v) is 2.21. The summed E-state index contributed by atoms with van der Waals surface area (Å²) in [6, 6.07) is 4.61. The van der Waals surface area contributed by atoms with E-state index in [9.17, 15) is 18.0 Å². The van der Waals surface area contributed by atoms with Crippen LogP contribution in [0.25, 0.3) is 0 Å². The van der Waals surface area contributed by atoms with E-state index < -0.39 is 18.5 Å². The number of anilines is 1. The average Bonchev–Trinajstić information content (AvgIpc) is 2.21. The molecule has 0 spiro atoms. The number of nitrogens with zero attached hydrogens (tertiary/aromatic N) is 1. The Morgan fingerprint density at radius 1 is 1.50 bits per heavy atom. The van der Waals surface area contributed by atoms with Gasteiger partial charge in [-0.05, 0) is 18.6 Å². The van der Waals surface area contributed by atoms with Crippen molar-refractivity contribution in [3.05, 3.63) is 29.3 Å². The minimum Gasteiger partial charge on any atom is -0.411 e. The first-order chi connectivity index (χ1) is 8.33. The zero-order chi connectivity index (χ0) is 13.8. The largest absolute Gasteiger partial charge is 0.411 e. The van der Waals surface area contributed by atoms with E-state index in [2.05, 4.69) is 10.5 Å². The number of rotatable bonds is 3. The first-order valence-electron chi connectivity index (χ1n) is 4.97. The highest BCUT2D eigenvalue weighted by atomic mass is 19.4. The van der Waals surface area contributed by atoms with Crippen molar-refractivity contribution in [3.63, 3.8) is 0 Å². The van der Waals surface area contributed by atoms with Crippen LogP contribution in [0.15, 0.2) is 23.4 Å². The standard InChI is InChI=1S/C11H11F3N2O2/c1-7-8(6-15-18)3-2-4-9(7)16-10(17)5-11(12,13)14/h2-4,6,18H,5H2,1H3,(H,16,17)/b15-6-. The molecule has 18 heavy (non-hydrogen) atoms. The fourth-order valence-corrected chi connectivity index (χ4v) is 1.37. The minimum atomic E-state index is -4.54. The molecule has 1 amide bonds. The number of alkyl halides is 3. The monoisotopic (exact) mass is 260 g/mol. The molecule has 0 heterocycles. The third kappa shape index (κ3) is 4.08. The number of halogens is 3. The molecule has 0 saturated carbocycles. The lowest BCUT2D eigenvalue weighted by molar-refractivity contribution is -0.150. The molecule has 0 aliphatic carbocycles. The molecule has 0 atom stereocenters. The highest BCUT2D eigenvalue weighted by Gasteiger charge is 2.31. The summed E-state index contributed by atoms with van der Waals surface area (Å²) in [5, 5.41) is 13.4. The van der Waals surface area contributed by atoms with E-state index in [0.29, 0.717) is 11.1 Å². The Bertz CT molecular complexity index is 470. The molecule has 0 aliphatic heterocycles. The van der Waals surface area contributed by atoms with Crippen molar-refractivity contribution in [1.82, 2.24) is 0 Å². The van der Waals surface area contributed by atoms with Crippen LogP contribution in [0.3, 0.4) is 0 Å². The molecule has 0 fully saturated rings. The lowest BCUT2D eigenvalue weighted by atomic mass is 10.1. The molecule has 2 N–H and O–H groups in total. The SMILES string of the molecule is Cc1c(/C=N\O)cccc1NC(=O)CC(F)(F)F. The molecule has 1 rings (SSSR count). The maximum Gasteiger partial charge on any atom is 0.397 e. The van der Waals surface area contributed by atoms with Crippen molar-refractivity contribution < 1.29 is 23.2 Å². The molecule has 0 aliphatic rings. The van der Waals surface area contributed by atoms with E-state index in [4.69, 9.17) is 5.21 Å². The molecule has 0 bridgehead atoms. The van der Waals surface area contributed by atoms with Gasteiger partial charge < -0.3 is 10.5 Å². The van der Waals surface area contributed by atoms with Gasteiger partial charge in [-0.2, -0.15) is 13.2 Å². The Morgan fingerprint density at radius 3 is 2.72 bits per heavy atom. The molecular weight excluding hydrogens is 249 g/mol. The summed E-state index contributed by atoms with van der Waals surface area (Å²) in [4.78, 5) is 11.1. The number of oxime groups is 1. The summed E-state index contributed by atoms with van der Waals surface area (Å²) in [6.07, 6.45) is -4.94. The van der Waals surface area contributed by atoms with E-state index in [0.717, 1.165) is 6.21 Å². The van der Waals surface area contributed by atoms with E-state index in [1.54, 1.807) is 13.0 Å². The average molecular weight is 260 g/mol. The molecule has 0 saturated heterocycles. The number of benzene rings is 1. The zero-order valence-corrected chi connectivity index (χ0v) is 9.45. The van der Waals surface area contributed by atoms with Crippen molar-refractivity contribution in [2.45, 2.75) is 19.5 Å². The number of carbonyl (C=O) groups is 1. The first kappa shape index (κ1) is 14.0. The summed E-state index contributed by atoms with van der Waals surface area (Å²) in [5.41, 5.74) is 1.27. The smallest absolute Gasteiger partial charge is 0.397 e. The van der Waals surface area contributed by atoms with E-state index in [-0.39, 0.29) is 5.69 Å². The van der Waals surface area contributed by atoms with Crippen molar-refractivity contribution in [2.75, 3.05) is 5.32 Å². The molecule has 98 valence electrons. The van der Waals surface area contributed by atoms with Gasteiger partial charge in [0.1, 0.15) is 6.42 Å². The van der Waals surface area contributed by atoms with E-state index in [1.807, 2.05) is 0 Å². The van der Waals surface area contributed by atoms with Crippen LogP contribution >= 0.6 is 0 Å². The van der Waals surface area contributed by atoms with Gasteiger partial charge in [-0.15, -0.1) is 0 Å². The Hall–Kier alpha value is -2.05. The number of hydrogen-bond acceptors (Lipinski definition) is 3. The van der Waals surface area contributed by atoms with Gasteiger partial charge in [0.25, 0.3) is 0 Å². The van der Waals surface area contributed by atoms with Crippen molar-refractivity contribution in [1.29, 1.82) is 0 Å². The molecule has 1 aromatic carbocycles. The quantitative estimate of drug-likeness (QED) is 0.498. The summed E-state index contributed by atoms with van der Waals surface area (Å²) < 4.78 is 36.0. The molecule has 0 aromatic heterocycles. The van der Waals surface area contributed by atoms with Crippen LogP contribution in [-0.4, -0.2) is 23.5 Å². The Labute approximate surface area is 101 Å². The lowest BCUT2D eigenvalue weighted by Gasteiger charge is -2.11. The fraction of sp³-hybridized carbons (Fsp3) is 0.273. The number of amides is 1. The maximum absolute atomic E-state index is 12.0. The van der Waals surface area contributed by atoms with E-state index >= 15 is 0 Å². The first-order valence-corrected chi connectivity index (χ1v) is 4.97. The Balaban J connectivity index is 2.85. The zero-order valence-electron chi connectivity index (χ0n) is 9.45. The van der Waals surface area contributed by atoms with Gasteiger partial charge >= 0.3 is 6.18 Å². The van der Waals surface area contributed by atoms with Crippen LogP contribution in [0, 0.1) is 6.92 Å². The highest BCUT2D eigenvalue weighted by molar-refractivity contribution is 5.94. The number of hydrogen-bond donors (Lipinski definition) is 2. The third-order valence-electron chi connectivity index (χ3n) is 2.21. The van der Waals surface area contributed by atoms with Gasteiger partial charge in [-0.3, -0.25) is 4.79 Å². The van der Waals surface area contributed by atoms with Gasteiger partial charge in [-0.25, -0.2) is 0 Å². The van der Waals surface area contributed by atoms with Crippen LogP contribution < -0.4 is 5.32 Å². The van der Waals surface area contributed by atoms with Crippen molar-refractivity contribution in [3.8, 4) is 0 Å².